The molecule has 0 fully saturated rings. The molecule has 0 aliphatic heterocycles. The summed E-state index contributed by atoms with van der Waals surface area (Å²) in [5, 5.41) is 3.21. The van der Waals surface area contributed by atoms with Crippen molar-refractivity contribution in [3.8, 4) is 0 Å². The van der Waals surface area contributed by atoms with Crippen molar-refractivity contribution in [2.75, 3.05) is 7.05 Å². The van der Waals surface area contributed by atoms with Gasteiger partial charge in [-0.1, -0.05) is 19.1 Å². The lowest BCUT2D eigenvalue weighted by molar-refractivity contribution is 0.422. The minimum atomic E-state index is -0.184. The first-order valence-corrected chi connectivity index (χ1v) is 5.95. The standard InChI is InChI=1S/C12H17BrFN/c1-8(9(2)15-3)7-10-5-4-6-11(14)12(10)13/h4-6,8-9,15H,7H2,1-3H3. The number of rotatable bonds is 4. The fourth-order valence-corrected chi connectivity index (χ4v) is 1.94. The molecule has 15 heavy (non-hydrogen) atoms. The van der Waals surface area contributed by atoms with Crippen molar-refractivity contribution < 1.29 is 4.39 Å². The molecule has 0 radical (unpaired) electrons. The highest BCUT2D eigenvalue weighted by Crippen LogP contribution is 2.23. The number of nitrogens with one attached hydrogen (secondary N) is 1. The van der Waals surface area contributed by atoms with Gasteiger partial charge >= 0.3 is 0 Å². The van der Waals surface area contributed by atoms with Crippen LogP contribution in [0.15, 0.2) is 22.7 Å². The fraction of sp³-hybridized carbons (Fsp3) is 0.500. The van der Waals surface area contributed by atoms with Gasteiger partial charge in [-0.15, -0.1) is 0 Å². The van der Waals surface area contributed by atoms with E-state index < -0.39 is 0 Å². The molecule has 0 heterocycles. The Morgan fingerprint density at radius 3 is 2.67 bits per heavy atom. The summed E-state index contributed by atoms with van der Waals surface area (Å²) in [7, 11) is 1.95. The second-order valence-corrected chi connectivity index (χ2v) is 4.76. The Hall–Kier alpha value is -0.410. The van der Waals surface area contributed by atoms with Crippen LogP contribution in [0.25, 0.3) is 0 Å². The first-order valence-electron chi connectivity index (χ1n) is 5.16. The zero-order valence-electron chi connectivity index (χ0n) is 9.35. The minimum absolute atomic E-state index is 0.184. The molecule has 0 saturated heterocycles. The average Bonchev–Trinajstić information content (AvgIpc) is 2.23. The maximum atomic E-state index is 13.3. The van der Waals surface area contributed by atoms with Crippen LogP contribution < -0.4 is 5.32 Å². The third-order valence-corrected chi connectivity index (χ3v) is 3.77. The van der Waals surface area contributed by atoms with Gasteiger partial charge in [0, 0.05) is 6.04 Å². The van der Waals surface area contributed by atoms with Crippen molar-refractivity contribution in [1.82, 2.24) is 5.32 Å². The van der Waals surface area contributed by atoms with Gasteiger partial charge in [0.2, 0.25) is 0 Å². The molecule has 1 rings (SSSR count). The topological polar surface area (TPSA) is 12.0 Å². The molecule has 1 N–H and O–H groups in total. The molecule has 2 unspecified atom stereocenters. The van der Waals surface area contributed by atoms with E-state index in [0.29, 0.717) is 16.4 Å². The Balaban J connectivity index is 2.76. The van der Waals surface area contributed by atoms with Crippen molar-refractivity contribution >= 4 is 15.9 Å². The molecule has 0 spiro atoms. The second kappa shape index (κ2) is 5.61. The van der Waals surface area contributed by atoms with E-state index in [-0.39, 0.29) is 5.82 Å². The molecule has 0 aliphatic carbocycles. The van der Waals surface area contributed by atoms with E-state index in [9.17, 15) is 4.39 Å². The molecular formula is C12H17BrFN. The predicted molar refractivity (Wildman–Crippen MR) is 65.5 cm³/mol. The van der Waals surface area contributed by atoms with Crippen molar-refractivity contribution in [2.45, 2.75) is 26.3 Å². The highest BCUT2D eigenvalue weighted by Gasteiger charge is 2.13. The van der Waals surface area contributed by atoms with Gasteiger partial charge < -0.3 is 5.32 Å². The van der Waals surface area contributed by atoms with Gasteiger partial charge in [-0.25, -0.2) is 4.39 Å². The molecule has 2 atom stereocenters. The van der Waals surface area contributed by atoms with Gasteiger partial charge in [0.1, 0.15) is 5.82 Å². The lowest BCUT2D eigenvalue weighted by atomic mass is 9.95. The quantitative estimate of drug-likeness (QED) is 0.887. The van der Waals surface area contributed by atoms with E-state index in [1.807, 2.05) is 13.1 Å². The third-order valence-electron chi connectivity index (χ3n) is 2.88. The van der Waals surface area contributed by atoms with Gasteiger partial charge in [-0.05, 0) is 53.9 Å². The van der Waals surface area contributed by atoms with Crippen molar-refractivity contribution in [3.63, 3.8) is 0 Å². The molecule has 84 valence electrons. The van der Waals surface area contributed by atoms with Gasteiger partial charge in [0.25, 0.3) is 0 Å². The van der Waals surface area contributed by atoms with Crippen molar-refractivity contribution in [3.05, 3.63) is 34.1 Å². The molecular weight excluding hydrogens is 257 g/mol. The van der Waals surface area contributed by atoms with E-state index in [4.69, 9.17) is 0 Å². The van der Waals surface area contributed by atoms with E-state index >= 15 is 0 Å². The summed E-state index contributed by atoms with van der Waals surface area (Å²) in [6.07, 6.45) is 0.875. The van der Waals surface area contributed by atoms with Crippen LogP contribution in [0, 0.1) is 11.7 Å². The number of hydrogen-bond donors (Lipinski definition) is 1. The van der Waals surface area contributed by atoms with E-state index in [1.54, 1.807) is 6.07 Å². The number of hydrogen-bond acceptors (Lipinski definition) is 1. The molecule has 0 amide bonds. The first kappa shape index (κ1) is 12.7. The van der Waals surface area contributed by atoms with Gasteiger partial charge in [0.15, 0.2) is 0 Å². The Bertz CT molecular complexity index is 327. The Labute approximate surface area is 99.2 Å². The Morgan fingerprint density at radius 2 is 2.07 bits per heavy atom. The van der Waals surface area contributed by atoms with Crippen LogP contribution in [0.3, 0.4) is 0 Å². The molecule has 0 aromatic heterocycles. The second-order valence-electron chi connectivity index (χ2n) is 3.97. The zero-order valence-corrected chi connectivity index (χ0v) is 10.9. The lowest BCUT2D eigenvalue weighted by Gasteiger charge is -2.19. The minimum Gasteiger partial charge on any atom is -0.317 e. The Kier molecular flexibility index (Phi) is 4.74. The van der Waals surface area contributed by atoms with E-state index in [0.717, 1.165) is 12.0 Å². The van der Waals surface area contributed by atoms with Crippen LogP contribution in [0.5, 0.6) is 0 Å². The maximum absolute atomic E-state index is 13.3. The summed E-state index contributed by atoms with van der Waals surface area (Å²) >= 11 is 3.28. The summed E-state index contributed by atoms with van der Waals surface area (Å²) in [4.78, 5) is 0. The maximum Gasteiger partial charge on any atom is 0.137 e. The average molecular weight is 274 g/mol. The molecule has 1 aromatic rings. The summed E-state index contributed by atoms with van der Waals surface area (Å²) in [6.45, 7) is 4.30. The van der Waals surface area contributed by atoms with Gasteiger partial charge in [-0.3, -0.25) is 0 Å². The normalized spacial score (nSPS) is 15.0. The molecule has 1 aromatic carbocycles. The summed E-state index contributed by atoms with van der Waals surface area (Å²) in [6, 6.07) is 5.62. The molecule has 1 nitrogen and oxygen atoms in total. The monoisotopic (exact) mass is 273 g/mol. The van der Waals surface area contributed by atoms with Gasteiger partial charge in [-0.2, -0.15) is 0 Å². The van der Waals surface area contributed by atoms with Crippen LogP contribution in [0.1, 0.15) is 19.4 Å². The van der Waals surface area contributed by atoms with Crippen molar-refractivity contribution in [1.29, 1.82) is 0 Å². The lowest BCUT2D eigenvalue weighted by Crippen LogP contribution is -2.29. The Morgan fingerprint density at radius 1 is 1.40 bits per heavy atom. The first-order chi connectivity index (χ1) is 7.06. The summed E-state index contributed by atoms with van der Waals surface area (Å²) in [5.41, 5.74) is 1.03. The van der Waals surface area contributed by atoms with Crippen LogP contribution in [-0.2, 0) is 6.42 Å². The van der Waals surface area contributed by atoms with Crippen LogP contribution in [0.2, 0.25) is 0 Å². The van der Waals surface area contributed by atoms with Crippen LogP contribution in [0.4, 0.5) is 4.39 Å². The number of benzene rings is 1. The highest BCUT2D eigenvalue weighted by molar-refractivity contribution is 9.10. The summed E-state index contributed by atoms with van der Waals surface area (Å²) < 4.78 is 13.8. The third kappa shape index (κ3) is 3.28. The highest BCUT2D eigenvalue weighted by atomic mass is 79.9. The molecule has 3 heteroatoms. The fourth-order valence-electron chi connectivity index (χ4n) is 1.51. The number of halogens is 2. The van der Waals surface area contributed by atoms with Crippen LogP contribution >= 0.6 is 15.9 Å². The van der Waals surface area contributed by atoms with E-state index in [2.05, 4.69) is 35.1 Å². The SMILES string of the molecule is CNC(C)C(C)Cc1cccc(F)c1Br. The molecule has 0 saturated carbocycles. The van der Waals surface area contributed by atoms with E-state index in [1.165, 1.54) is 6.07 Å². The summed E-state index contributed by atoms with van der Waals surface area (Å²) in [5.74, 6) is 0.296. The molecule has 0 aliphatic rings. The van der Waals surface area contributed by atoms with Crippen molar-refractivity contribution in [2.24, 2.45) is 5.92 Å². The molecule has 0 bridgehead atoms. The smallest absolute Gasteiger partial charge is 0.137 e. The van der Waals surface area contributed by atoms with Gasteiger partial charge in [0.05, 0.1) is 4.47 Å². The zero-order chi connectivity index (χ0) is 11.4. The van der Waals surface area contributed by atoms with Crippen LogP contribution in [-0.4, -0.2) is 13.1 Å². The predicted octanol–water partition coefficient (Wildman–Crippen LogP) is 3.37. The largest absolute Gasteiger partial charge is 0.317 e.